The van der Waals surface area contributed by atoms with Crippen molar-refractivity contribution in [2.45, 2.75) is 19.1 Å². The molecule has 2 N–H and O–H groups in total. The van der Waals surface area contributed by atoms with Gasteiger partial charge in [0.25, 0.3) is 0 Å². The Morgan fingerprint density at radius 1 is 1.41 bits per heavy atom. The van der Waals surface area contributed by atoms with Crippen molar-refractivity contribution in [1.82, 2.24) is 14.5 Å². The lowest BCUT2D eigenvalue weighted by Gasteiger charge is -2.35. The maximum Gasteiger partial charge on any atom is 0.426 e. The number of fused-ring (bicyclic) bond motifs is 1. The lowest BCUT2D eigenvalue weighted by molar-refractivity contribution is -0.108. The minimum atomic E-state index is -0.676. The van der Waals surface area contributed by atoms with Gasteiger partial charge in [0.05, 0.1) is 16.8 Å². The fraction of sp³-hybridized carbons (Fsp3) is 0.333. The first-order valence-electron chi connectivity index (χ1n) is 8.28. The number of primary amides is 1. The second-order valence-corrected chi connectivity index (χ2v) is 6.54. The van der Waals surface area contributed by atoms with E-state index in [2.05, 4.69) is 9.97 Å². The minimum absolute atomic E-state index is 0.205. The summed E-state index contributed by atoms with van der Waals surface area (Å²) in [5, 5.41) is 9.30. The number of carbonyl (C=O) groups is 1. The molecule has 2 aromatic heterocycles. The van der Waals surface area contributed by atoms with Crippen LogP contribution >= 0.6 is 11.6 Å². The summed E-state index contributed by atoms with van der Waals surface area (Å²) >= 11 is 6.18. The van der Waals surface area contributed by atoms with Gasteiger partial charge in [0.15, 0.2) is 0 Å². The SMILES string of the molecule is COC(OC)c1ccc2c(n1)[N+](C(N)=O)(c1cc(Cl)c(C#N)cn1)CCC2. The Balaban J connectivity index is 2.24. The van der Waals surface area contributed by atoms with Crippen molar-refractivity contribution in [3.05, 3.63) is 46.2 Å². The van der Waals surface area contributed by atoms with Gasteiger partial charge in [-0.1, -0.05) is 11.6 Å². The smallest absolute Gasteiger partial charge is 0.350 e. The van der Waals surface area contributed by atoms with E-state index in [9.17, 15) is 4.79 Å². The highest BCUT2D eigenvalue weighted by atomic mass is 35.5. The van der Waals surface area contributed by atoms with Crippen molar-refractivity contribution in [2.75, 3.05) is 20.8 Å². The summed E-state index contributed by atoms with van der Waals surface area (Å²) in [6, 6.07) is 6.53. The van der Waals surface area contributed by atoms with E-state index in [1.807, 2.05) is 12.1 Å². The summed E-state index contributed by atoms with van der Waals surface area (Å²) in [6.45, 7) is 0.388. The molecule has 0 radical (unpaired) electrons. The predicted molar refractivity (Wildman–Crippen MR) is 99.2 cm³/mol. The van der Waals surface area contributed by atoms with Gasteiger partial charge in [-0.3, -0.25) is 0 Å². The summed E-state index contributed by atoms with van der Waals surface area (Å²) in [7, 11) is 3.01. The Morgan fingerprint density at radius 2 is 2.15 bits per heavy atom. The van der Waals surface area contributed by atoms with Gasteiger partial charge in [0.2, 0.25) is 17.9 Å². The Labute approximate surface area is 161 Å². The molecule has 2 aromatic rings. The Kier molecular flexibility index (Phi) is 5.39. The molecule has 9 heteroatoms. The van der Waals surface area contributed by atoms with Crippen LogP contribution in [0.1, 0.15) is 29.5 Å². The van der Waals surface area contributed by atoms with Gasteiger partial charge in [0.1, 0.15) is 18.3 Å². The number of hydrogen-bond acceptors (Lipinski definition) is 6. The van der Waals surface area contributed by atoms with Crippen molar-refractivity contribution < 1.29 is 14.3 Å². The van der Waals surface area contributed by atoms with Crippen LogP contribution in [0.4, 0.5) is 16.4 Å². The van der Waals surface area contributed by atoms with Gasteiger partial charge in [0, 0.05) is 32.3 Å². The van der Waals surface area contributed by atoms with Gasteiger partial charge in [-0.2, -0.15) is 10.2 Å². The van der Waals surface area contributed by atoms with Crippen molar-refractivity contribution >= 4 is 29.3 Å². The van der Waals surface area contributed by atoms with E-state index in [0.717, 1.165) is 12.0 Å². The van der Waals surface area contributed by atoms with Crippen molar-refractivity contribution in [2.24, 2.45) is 5.73 Å². The maximum atomic E-state index is 12.7. The predicted octanol–water partition coefficient (Wildman–Crippen LogP) is 2.96. The first-order valence-corrected chi connectivity index (χ1v) is 8.66. The molecule has 1 aliphatic heterocycles. The fourth-order valence-corrected chi connectivity index (χ4v) is 3.55. The normalized spacial score (nSPS) is 18.8. The molecule has 3 rings (SSSR count). The molecule has 1 aliphatic rings. The lowest BCUT2D eigenvalue weighted by atomic mass is 10.0. The minimum Gasteiger partial charge on any atom is -0.350 e. The third kappa shape index (κ3) is 3.15. The van der Waals surface area contributed by atoms with Gasteiger partial charge in [-0.25, -0.2) is 9.78 Å². The number of methoxy groups -OCH3 is 2. The van der Waals surface area contributed by atoms with Crippen LogP contribution in [-0.2, 0) is 15.9 Å². The number of aromatic nitrogens is 2. The lowest BCUT2D eigenvalue weighted by Crippen LogP contribution is -2.56. The molecule has 0 aromatic carbocycles. The number of rotatable bonds is 4. The molecule has 0 saturated heterocycles. The molecule has 1 atom stereocenters. The van der Waals surface area contributed by atoms with Crippen LogP contribution in [0, 0.1) is 11.3 Å². The Morgan fingerprint density at radius 3 is 2.74 bits per heavy atom. The maximum absolute atomic E-state index is 12.7. The number of halogens is 1. The second kappa shape index (κ2) is 7.58. The summed E-state index contributed by atoms with van der Waals surface area (Å²) in [4.78, 5) is 21.6. The zero-order valence-electron chi connectivity index (χ0n) is 15.0. The number of nitrogens with two attached hydrogens (primary N) is 1. The summed E-state index contributed by atoms with van der Waals surface area (Å²) in [6.07, 6.45) is 2.13. The number of aryl methyl sites for hydroxylation is 1. The number of amides is 2. The summed E-state index contributed by atoms with van der Waals surface area (Å²) in [5.74, 6) is 0.794. The number of carbonyl (C=O) groups excluding carboxylic acids is 1. The number of hydrogen-bond donors (Lipinski definition) is 1. The highest BCUT2D eigenvalue weighted by Gasteiger charge is 2.47. The topological polar surface area (TPSA) is 111 Å². The average molecular weight is 389 g/mol. The zero-order valence-corrected chi connectivity index (χ0v) is 15.7. The first kappa shape index (κ1) is 19.2. The van der Waals surface area contributed by atoms with Crippen molar-refractivity contribution in [3.8, 4) is 6.07 Å². The van der Waals surface area contributed by atoms with Gasteiger partial charge >= 0.3 is 6.03 Å². The Hall–Kier alpha value is -2.57. The van der Waals surface area contributed by atoms with Crippen LogP contribution in [0.3, 0.4) is 0 Å². The molecule has 2 amide bonds. The number of urea groups is 1. The fourth-order valence-electron chi connectivity index (χ4n) is 3.36. The largest absolute Gasteiger partial charge is 0.426 e. The number of quaternary nitrogens is 1. The number of pyridine rings is 2. The molecule has 0 bridgehead atoms. The molecule has 8 nitrogen and oxygen atoms in total. The average Bonchev–Trinajstić information content (AvgIpc) is 2.68. The third-order valence-electron chi connectivity index (χ3n) is 4.68. The molecule has 0 saturated carbocycles. The van der Waals surface area contributed by atoms with Crippen LogP contribution in [-0.4, -0.2) is 36.8 Å². The highest BCUT2D eigenvalue weighted by Crippen LogP contribution is 2.40. The molecule has 0 aliphatic carbocycles. The zero-order chi connectivity index (χ0) is 19.6. The monoisotopic (exact) mass is 388 g/mol. The van der Waals surface area contributed by atoms with Gasteiger partial charge in [-0.15, -0.1) is 4.48 Å². The summed E-state index contributed by atoms with van der Waals surface area (Å²) in [5.41, 5.74) is 7.47. The van der Waals surface area contributed by atoms with E-state index < -0.39 is 12.3 Å². The molecule has 0 spiro atoms. The van der Waals surface area contributed by atoms with Crippen LogP contribution in [0.2, 0.25) is 5.02 Å². The molecule has 27 heavy (non-hydrogen) atoms. The van der Waals surface area contributed by atoms with Crippen LogP contribution < -0.4 is 10.2 Å². The molecule has 140 valence electrons. The molecule has 3 heterocycles. The standard InChI is InChI=1S/C18H18ClN5O3/c1-26-17(27-2)14-6-5-11-4-3-7-24(18(21)25,16(11)23-14)15-8-13(19)12(9-20)10-22-15/h5-6,8,10,17H,3-4,7H2,1-2H3,(H-,21,25)/p+1. The molecule has 1 unspecified atom stereocenters. The van der Waals surface area contributed by atoms with Crippen LogP contribution in [0.25, 0.3) is 0 Å². The van der Waals surface area contributed by atoms with E-state index >= 15 is 0 Å². The van der Waals surface area contributed by atoms with E-state index in [1.165, 1.54) is 26.5 Å². The third-order valence-corrected chi connectivity index (χ3v) is 4.99. The summed E-state index contributed by atoms with van der Waals surface area (Å²) < 4.78 is 10.2. The quantitative estimate of drug-likeness (QED) is 0.636. The number of nitriles is 1. The molecular formula is C18H19ClN5O3+. The van der Waals surface area contributed by atoms with E-state index in [-0.39, 0.29) is 15.1 Å². The second-order valence-electron chi connectivity index (χ2n) is 6.13. The van der Waals surface area contributed by atoms with Gasteiger partial charge in [-0.05, 0) is 18.6 Å². The van der Waals surface area contributed by atoms with Gasteiger partial charge < -0.3 is 15.2 Å². The first-order chi connectivity index (χ1) is 13.0. The number of ether oxygens (including phenoxy) is 2. The van der Waals surface area contributed by atoms with E-state index in [0.29, 0.717) is 30.3 Å². The molecular weight excluding hydrogens is 370 g/mol. The van der Waals surface area contributed by atoms with Crippen LogP contribution in [0.15, 0.2) is 24.4 Å². The molecule has 0 fully saturated rings. The highest BCUT2D eigenvalue weighted by molar-refractivity contribution is 6.32. The van der Waals surface area contributed by atoms with Crippen molar-refractivity contribution in [1.29, 1.82) is 5.26 Å². The number of nitrogens with zero attached hydrogens (tertiary/aromatic N) is 4. The van der Waals surface area contributed by atoms with E-state index in [1.54, 1.807) is 6.07 Å². The van der Waals surface area contributed by atoms with Crippen LogP contribution in [0.5, 0.6) is 0 Å². The van der Waals surface area contributed by atoms with Crippen molar-refractivity contribution in [3.63, 3.8) is 0 Å². The van der Waals surface area contributed by atoms with E-state index in [4.69, 9.17) is 32.1 Å². The Bertz CT molecular complexity index is 926.